The lowest BCUT2D eigenvalue weighted by molar-refractivity contribution is 0.113. The second kappa shape index (κ2) is 10.4. The van der Waals surface area contributed by atoms with Crippen LogP contribution in [-0.2, 0) is 0 Å². The normalized spacial score (nSPS) is 19.9. The summed E-state index contributed by atoms with van der Waals surface area (Å²) in [5.41, 5.74) is 6.01. The molecule has 0 amide bonds. The van der Waals surface area contributed by atoms with Gasteiger partial charge in [-0.05, 0) is 46.8 Å². The molecule has 1 aromatic rings. The van der Waals surface area contributed by atoms with E-state index in [0.717, 1.165) is 24.0 Å². The second-order valence-electron chi connectivity index (χ2n) is 5.79. The van der Waals surface area contributed by atoms with Crippen LogP contribution in [0, 0.1) is 5.92 Å². The number of piperidine rings is 1. The fourth-order valence-electron chi connectivity index (χ4n) is 2.50. The Labute approximate surface area is 163 Å². The number of aliphatic hydroxyl groups is 1. The number of halogens is 2. The van der Waals surface area contributed by atoms with Crippen LogP contribution in [0.1, 0.15) is 19.8 Å². The molecule has 1 aliphatic heterocycles. The number of hydrogen-bond donors (Lipinski definition) is 2. The minimum Gasteiger partial charge on any atom is -0.490 e. The van der Waals surface area contributed by atoms with Crippen LogP contribution in [-0.4, -0.2) is 48.3 Å². The van der Waals surface area contributed by atoms with Crippen LogP contribution in [0.4, 0.5) is 0 Å². The first-order valence-corrected chi connectivity index (χ1v) is 8.46. The number of hydrogen-bond acceptors (Lipinski definition) is 3. The Morgan fingerprint density at radius 2 is 2.26 bits per heavy atom. The van der Waals surface area contributed by atoms with Gasteiger partial charge in [-0.15, -0.1) is 24.0 Å². The number of para-hydroxylation sites is 1. The summed E-state index contributed by atoms with van der Waals surface area (Å²) in [6.07, 6.45) is 1.71. The molecule has 0 aromatic heterocycles. The molecule has 5 nitrogen and oxygen atoms in total. The largest absolute Gasteiger partial charge is 0.490 e. The quantitative estimate of drug-likeness (QED) is 0.373. The van der Waals surface area contributed by atoms with Gasteiger partial charge in [0.05, 0.1) is 11.0 Å². The molecule has 2 unspecified atom stereocenters. The molecule has 0 saturated carbocycles. The monoisotopic (exact) mass is 497 g/mol. The summed E-state index contributed by atoms with van der Waals surface area (Å²) in [5, 5.41) is 9.98. The molecule has 23 heavy (non-hydrogen) atoms. The third kappa shape index (κ3) is 6.84. The van der Waals surface area contributed by atoms with Gasteiger partial charge >= 0.3 is 0 Å². The predicted octanol–water partition coefficient (Wildman–Crippen LogP) is 2.85. The maximum atomic E-state index is 9.98. The van der Waals surface area contributed by atoms with Crippen LogP contribution >= 0.6 is 39.9 Å². The first-order chi connectivity index (χ1) is 10.6. The Bertz CT molecular complexity index is 516. The van der Waals surface area contributed by atoms with E-state index in [2.05, 4.69) is 32.7 Å². The number of benzene rings is 1. The molecule has 130 valence electrons. The summed E-state index contributed by atoms with van der Waals surface area (Å²) in [7, 11) is 0. The number of aliphatic imine (C=N–C) groups is 1. The first kappa shape index (κ1) is 20.5. The van der Waals surface area contributed by atoms with E-state index in [4.69, 9.17) is 10.5 Å². The average Bonchev–Trinajstić information content (AvgIpc) is 2.52. The van der Waals surface area contributed by atoms with Gasteiger partial charge in [0.1, 0.15) is 18.5 Å². The van der Waals surface area contributed by atoms with Crippen molar-refractivity contribution in [3.05, 3.63) is 28.7 Å². The van der Waals surface area contributed by atoms with Gasteiger partial charge in [-0.3, -0.25) is 4.99 Å². The highest BCUT2D eigenvalue weighted by Crippen LogP contribution is 2.23. The molecule has 0 spiro atoms. The summed E-state index contributed by atoms with van der Waals surface area (Å²) in [6.45, 7) is 4.55. The highest BCUT2D eigenvalue weighted by Gasteiger charge is 2.17. The molecule has 1 fully saturated rings. The van der Waals surface area contributed by atoms with Crippen LogP contribution in [0.15, 0.2) is 33.7 Å². The maximum Gasteiger partial charge on any atom is 0.191 e. The van der Waals surface area contributed by atoms with Crippen molar-refractivity contribution in [2.75, 3.05) is 26.2 Å². The first-order valence-electron chi connectivity index (χ1n) is 7.66. The Morgan fingerprint density at radius 1 is 1.52 bits per heavy atom. The number of guanidine groups is 1. The molecule has 0 aliphatic carbocycles. The fraction of sp³-hybridized carbons (Fsp3) is 0.562. The lowest BCUT2D eigenvalue weighted by Crippen LogP contribution is -2.44. The van der Waals surface area contributed by atoms with E-state index in [0.29, 0.717) is 17.6 Å². The van der Waals surface area contributed by atoms with Crippen molar-refractivity contribution < 1.29 is 9.84 Å². The Morgan fingerprint density at radius 3 is 2.96 bits per heavy atom. The van der Waals surface area contributed by atoms with E-state index in [1.807, 2.05) is 24.3 Å². The summed E-state index contributed by atoms with van der Waals surface area (Å²) in [4.78, 5) is 6.39. The van der Waals surface area contributed by atoms with E-state index >= 15 is 0 Å². The van der Waals surface area contributed by atoms with Gasteiger partial charge in [0.15, 0.2) is 5.96 Å². The molecule has 1 saturated heterocycles. The maximum absolute atomic E-state index is 9.98. The van der Waals surface area contributed by atoms with E-state index in [1.54, 1.807) is 0 Å². The standard InChI is InChI=1S/C16H24BrN3O2.HI/c1-12-5-4-8-20(10-12)16(18)19-9-13(21)11-22-15-7-3-2-6-14(15)17;/h2-3,6-7,12-13,21H,4-5,8-11H2,1H3,(H2,18,19);1H. The van der Waals surface area contributed by atoms with Crippen molar-refractivity contribution in [2.45, 2.75) is 25.9 Å². The predicted molar refractivity (Wildman–Crippen MR) is 108 cm³/mol. The number of aliphatic hydroxyl groups excluding tert-OH is 1. The van der Waals surface area contributed by atoms with Crippen molar-refractivity contribution in [3.63, 3.8) is 0 Å². The van der Waals surface area contributed by atoms with Gasteiger partial charge in [0.2, 0.25) is 0 Å². The number of rotatable bonds is 5. The lowest BCUT2D eigenvalue weighted by atomic mass is 10.0. The molecule has 1 aromatic carbocycles. The lowest BCUT2D eigenvalue weighted by Gasteiger charge is -2.31. The minimum absolute atomic E-state index is 0. The van der Waals surface area contributed by atoms with Crippen LogP contribution in [0.25, 0.3) is 0 Å². The molecule has 0 radical (unpaired) electrons. The van der Waals surface area contributed by atoms with Gasteiger partial charge in [-0.1, -0.05) is 19.1 Å². The van der Waals surface area contributed by atoms with Crippen LogP contribution in [0.2, 0.25) is 0 Å². The smallest absolute Gasteiger partial charge is 0.191 e. The van der Waals surface area contributed by atoms with Crippen molar-refractivity contribution in [3.8, 4) is 5.75 Å². The number of nitrogens with two attached hydrogens (primary N) is 1. The summed E-state index contributed by atoms with van der Waals surface area (Å²) in [5.74, 6) is 1.88. The summed E-state index contributed by atoms with van der Waals surface area (Å²) in [6, 6.07) is 7.55. The van der Waals surface area contributed by atoms with Gasteiger partial charge in [-0.25, -0.2) is 0 Å². The average molecular weight is 498 g/mol. The van der Waals surface area contributed by atoms with Crippen molar-refractivity contribution in [2.24, 2.45) is 16.6 Å². The van der Waals surface area contributed by atoms with E-state index < -0.39 is 6.10 Å². The molecule has 7 heteroatoms. The van der Waals surface area contributed by atoms with E-state index in [9.17, 15) is 5.11 Å². The molecule has 1 aliphatic rings. The molecule has 2 rings (SSSR count). The summed E-state index contributed by atoms with van der Waals surface area (Å²) >= 11 is 3.41. The number of nitrogens with zero attached hydrogens (tertiary/aromatic N) is 2. The van der Waals surface area contributed by atoms with Crippen molar-refractivity contribution in [1.82, 2.24) is 4.90 Å². The zero-order valence-electron chi connectivity index (χ0n) is 13.3. The van der Waals surface area contributed by atoms with Crippen molar-refractivity contribution >= 4 is 45.9 Å². The van der Waals surface area contributed by atoms with Crippen LogP contribution in [0.5, 0.6) is 5.75 Å². The zero-order chi connectivity index (χ0) is 15.9. The summed E-state index contributed by atoms with van der Waals surface area (Å²) < 4.78 is 6.44. The molecular formula is C16H25BrIN3O2. The zero-order valence-corrected chi connectivity index (χ0v) is 17.2. The molecular weight excluding hydrogens is 473 g/mol. The second-order valence-corrected chi connectivity index (χ2v) is 6.64. The SMILES string of the molecule is CC1CCCN(C(N)=NCC(O)COc2ccccc2Br)C1.I. The molecule has 3 N–H and O–H groups in total. The van der Waals surface area contributed by atoms with Gasteiger partial charge < -0.3 is 20.5 Å². The van der Waals surface area contributed by atoms with Crippen LogP contribution < -0.4 is 10.5 Å². The van der Waals surface area contributed by atoms with Gasteiger partial charge in [0.25, 0.3) is 0 Å². The molecule has 1 heterocycles. The number of ether oxygens (including phenoxy) is 1. The molecule has 2 atom stereocenters. The molecule has 0 bridgehead atoms. The topological polar surface area (TPSA) is 71.1 Å². The third-order valence-electron chi connectivity index (χ3n) is 3.71. The van der Waals surface area contributed by atoms with Gasteiger partial charge in [0, 0.05) is 13.1 Å². The van der Waals surface area contributed by atoms with Crippen molar-refractivity contribution in [1.29, 1.82) is 0 Å². The highest BCUT2D eigenvalue weighted by atomic mass is 127. The number of likely N-dealkylation sites (tertiary alicyclic amines) is 1. The van der Waals surface area contributed by atoms with Crippen LogP contribution in [0.3, 0.4) is 0 Å². The minimum atomic E-state index is -0.673. The Balaban J connectivity index is 0.00000264. The third-order valence-corrected chi connectivity index (χ3v) is 4.37. The Kier molecular flexibility index (Phi) is 9.23. The Hall–Kier alpha value is -0.540. The fourth-order valence-corrected chi connectivity index (χ4v) is 2.90. The van der Waals surface area contributed by atoms with E-state index in [1.165, 1.54) is 6.42 Å². The van der Waals surface area contributed by atoms with E-state index in [-0.39, 0.29) is 37.1 Å². The highest BCUT2D eigenvalue weighted by molar-refractivity contribution is 14.0. The van der Waals surface area contributed by atoms with Gasteiger partial charge in [-0.2, -0.15) is 0 Å².